The number of hydrogen-bond donors (Lipinski definition) is 3. The molecule has 2 aliphatic rings. The molecule has 8 heteroatoms. The molecule has 5 atom stereocenters. The molecule has 3 amide bonds. The van der Waals surface area contributed by atoms with Crippen LogP contribution in [0, 0.1) is 0 Å². The summed E-state index contributed by atoms with van der Waals surface area (Å²) in [6, 6.07) is 26.3. The van der Waals surface area contributed by atoms with E-state index in [0.29, 0.717) is 18.0 Å². The quantitative estimate of drug-likeness (QED) is 0.348. The van der Waals surface area contributed by atoms with E-state index in [1.807, 2.05) is 23.1 Å². The number of nitrogens with two attached hydrogens (primary N) is 2. The van der Waals surface area contributed by atoms with E-state index < -0.39 is 18.0 Å². The van der Waals surface area contributed by atoms with Gasteiger partial charge in [-0.05, 0) is 61.1 Å². The highest BCUT2D eigenvalue weighted by atomic mass is 16.2. The average molecular weight is 568 g/mol. The van der Waals surface area contributed by atoms with Gasteiger partial charge in [0.05, 0.1) is 6.04 Å². The zero-order valence-electron chi connectivity index (χ0n) is 24.2. The van der Waals surface area contributed by atoms with Crippen molar-refractivity contribution in [3.05, 3.63) is 107 Å². The number of likely N-dealkylation sites (tertiary alicyclic amines) is 2. The molecule has 3 aromatic rings. The van der Waals surface area contributed by atoms with E-state index in [0.717, 1.165) is 38.0 Å². The Morgan fingerprint density at radius 3 is 2.10 bits per heavy atom. The molecule has 3 aromatic carbocycles. The largest absolute Gasteiger partial charge is 0.366 e. The Morgan fingerprint density at radius 2 is 1.50 bits per heavy atom. The van der Waals surface area contributed by atoms with Crippen LogP contribution in [0.3, 0.4) is 0 Å². The second kappa shape index (κ2) is 13.3. The number of nitrogens with one attached hydrogen (secondary N) is 1. The molecule has 5 N–H and O–H groups in total. The Hall–Kier alpha value is -4.01. The van der Waals surface area contributed by atoms with Crippen molar-refractivity contribution < 1.29 is 14.4 Å². The summed E-state index contributed by atoms with van der Waals surface area (Å²) in [6.45, 7) is 4.95. The maximum absolute atomic E-state index is 14.3. The number of carbonyl (C=O) groups excluding carboxylic acids is 3. The highest BCUT2D eigenvalue weighted by molar-refractivity contribution is 5.93. The minimum absolute atomic E-state index is 0.0177. The van der Waals surface area contributed by atoms with E-state index >= 15 is 0 Å². The van der Waals surface area contributed by atoms with E-state index in [1.165, 1.54) is 11.1 Å². The smallest absolute Gasteiger partial charge is 0.248 e. The van der Waals surface area contributed by atoms with Crippen LogP contribution in [0.2, 0.25) is 0 Å². The minimum Gasteiger partial charge on any atom is -0.366 e. The van der Waals surface area contributed by atoms with E-state index in [4.69, 9.17) is 11.5 Å². The highest BCUT2D eigenvalue weighted by Crippen LogP contribution is 2.35. The molecule has 5 unspecified atom stereocenters. The molecule has 2 aliphatic heterocycles. The molecule has 2 heterocycles. The van der Waals surface area contributed by atoms with Crippen molar-refractivity contribution in [3.8, 4) is 0 Å². The summed E-state index contributed by atoms with van der Waals surface area (Å²) < 4.78 is 0. The highest BCUT2D eigenvalue weighted by Gasteiger charge is 2.40. The molecule has 0 radical (unpaired) electrons. The van der Waals surface area contributed by atoms with Gasteiger partial charge in [0.15, 0.2) is 0 Å². The molecule has 5 rings (SSSR count). The van der Waals surface area contributed by atoms with Crippen LogP contribution >= 0.6 is 0 Å². The van der Waals surface area contributed by atoms with Crippen molar-refractivity contribution in [3.63, 3.8) is 0 Å². The number of rotatable bonds is 10. The molecule has 2 fully saturated rings. The number of nitrogens with zero attached hydrogens (tertiary/aromatic N) is 2. The van der Waals surface area contributed by atoms with Crippen molar-refractivity contribution in [2.45, 2.75) is 56.1 Å². The van der Waals surface area contributed by atoms with Gasteiger partial charge in [-0.3, -0.25) is 14.4 Å². The topological polar surface area (TPSA) is 122 Å². The SMILES string of the molecule is CC(N)C(=O)NC(Cc1ccc(C(N)=O)cc1)C(=O)N1CC(c2ccccc2)CC1CN1CCC(c2ccccc2)C1. The molecule has 2 saturated heterocycles. The minimum atomic E-state index is -0.782. The lowest BCUT2D eigenvalue weighted by molar-refractivity contribution is -0.137. The van der Waals surface area contributed by atoms with Gasteiger partial charge in [-0.2, -0.15) is 0 Å². The van der Waals surface area contributed by atoms with Gasteiger partial charge in [-0.1, -0.05) is 72.8 Å². The Bertz CT molecular complexity index is 1360. The van der Waals surface area contributed by atoms with Crippen molar-refractivity contribution in [1.82, 2.24) is 15.1 Å². The zero-order valence-corrected chi connectivity index (χ0v) is 24.2. The van der Waals surface area contributed by atoms with Gasteiger partial charge in [0, 0.05) is 43.6 Å². The lowest BCUT2D eigenvalue weighted by Crippen LogP contribution is -2.55. The van der Waals surface area contributed by atoms with Crippen LogP contribution in [0.25, 0.3) is 0 Å². The van der Waals surface area contributed by atoms with Gasteiger partial charge < -0.3 is 26.6 Å². The molecular weight excluding hydrogens is 526 g/mol. The Balaban J connectivity index is 1.37. The van der Waals surface area contributed by atoms with Gasteiger partial charge in [0.2, 0.25) is 17.7 Å². The first-order valence-electron chi connectivity index (χ1n) is 14.9. The van der Waals surface area contributed by atoms with Crippen LogP contribution in [0.4, 0.5) is 0 Å². The fourth-order valence-corrected chi connectivity index (χ4v) is 6.36. The predicted molar refractivity (Wildman–Crippen MR) is 164 cm³/mol. The molecule has 0 spiro atoms. The third kappa shape index (κ3) is 7.06. The van der Waals surface area contributed by atoms with Crippen molar-refractivity contribution in [2.75, 3.05) is 26.2 Å². The molecule has 42 heavy (non-hydrogen) atoms. The van der Waals surface area contributed by atoms with Crippen molar-refractivity contribution >= 4 is 17.7 Å². The predicted octanol–water partition coefficient (Wildman–Crippen LogP) is 3.03. The normalized spacial score (nSPS) is 22.0. The first-order valence-corrected chi connectivity index (χ1v) is 14.9. The van der Waals surface area contributed by atoms with Crippen molar-refractivity contribution in [2.24, 2.45) is 11.5 Å². The van der Waals surface area contributed by atoms with Crippen LogP contribution in [0.15, 0.2) is 84.9 Å². The number of amides is 3. The van der Waals surface area contributed by atoms with Gasteiger partial charge in [-0.25, -0.2) is 0 Å². The Morgan fingerprint density at radius 1 is 0.881 bits per heavy atom. The van der Waals surface area contributed by atoms with E-state index in [9.17, 15) is 14.4 Å². The molecule has 220 valence electrons. The van der Waals surface area contributed by atoms with Gasteiger partial charge in [0.25, 0.3) is 0 Å². The van der Waals surface area contributed by atoms with Crippen LogP contribution < -0.4 is 16.8 Å². The van der Waals surface area contributed by atoms with Crippen LogP contribution in [0.5, 0.6) is 0 Å². The van der Waals surface area contributed by atoms with Crippen LogP contribution in [-0.2, 0) is 16.0 Å². The number of primary amides is 1. The summed E-state index contributed by atoms with van der Waals surface area (Å²) in [5.41, 5.74) is 15.1. The summed E-state index contributed by atoms with van der Waals surface area (Å²) in [4.78, 5) is 43.1. The van der Waals surface area contributed by atoms with Crippen LogP contribution in [-0.4, -0.2) is 71.8 Å². The second-order valence-electron chi connectivity index (χ2n) is 11.8. The second-order valence-corrected chi connectivity index (χ2v) is 11.8. The fraction of sp³-hybridized carbons (Fsp3) is 0.382. The fourth-order valence-electron chi connectivity index (χ4n) is 6.36. The maximum atomic E-state index is 14.3. The average Bonchev–Trinajstić information content (AvgIpc) is 3.65. The molecule has 0 aliphatic carbocycles. The molecular formula is C34H41N5O3. The van der Waals surface area contributed by atoms with Gasteiger partial charge in [0.1, 0.15) is 6.04 Å². The third-order valence-corrected chi connectivity index (χ3v) is 8.69. The third-order valence-electron chi connectivity index (χ3n) is 8.69. The van der Waals surface area contributed by atoms with E-state index in [2.05, 4.69) is 52.7 Å². The number of benzene rings is 3. The lowest BCUT2D eigenvalue weighted by atomic mass is 9.96. The first-order chi connectivity index (χ1) is 20.3. The number of hydrogen-bond acceptors (Lipinski definition) is 5. The standard InChI is InChI=1S/C34H41N5O3/c1-23(35)33(41)37-31(18-24-12-14-27(15-13-24)32(36)40)34(42)39-21-29(26-10-6-3-7-11-26)19-30(39)22-38-17-16-28(20-38)25-8-4-2-5-9-25/h2-15,23,28-31H,16-22,35H2,1H3,(H2,36,40)(H,37,41). The molecule has 0 aromatic heterocycles. The van der Waals surface area contributed by atoms with Crippen molar-refractivity contribution in [1.29, 1.82) is 0 Å². The summed E-state index contributed by atoms with van der Waals surface area (Å²) in [7, 11) is 0. The van der Waals surface area contributed by atoms with E-state index in [-0.39, 0.29) is 30.2 Å². The molecule has 8 nitrogen and oxygen atoms in total. The van der Waals surface area contributed by atoms with Gasteiger partial charge >= 0.3 is 0 Å². The Labute approximate surface area is 248 Å². The Kier molecular flexibility index (Phi) is 9.35. The first kappa shape index (κ1) is 29.5. The van der Waals surface area contributed by atoms with Gasteiger partial charge in [-0.15, -0.1) is 0 Å². The zero-order chi connectivity index (χ0) is 29.6. The van der Waals surface area contributed by atoms with Crippen LogP contribution in [0.1, 0.15) is 58.6 Å². The summed E-state index contributed by atoms with van der Waals surface area (Å²) in [5.74, 6) is -0.286. The monoisotopic (exact) mass is 567 g/mol. The summed E-state index contributed by atoms with van der Waals surface area (Å²) in [5, 5.41) is 2.92. The lowest BCUT2D eigenvalue weighted by Gasteiger charge is -2.32. The summed E-state index contributed by atoms with van der Waals surface area (Å²) >= 11 is 0. The maximum Gasteiger partial charge on any atom is 0.248 e. The van der Waals surface area contributed by atoms with E-state index in [1.54, 1.807) is 31.2 Å². The molecule has 0 bridgehead atoms. The summed E-state index contributed by atoms with van der Waals surface area (Å²) in [6.07, 6.45) is 2.25. The number of carbonyl (C=O) groups is 3. The molecule has 0 saturated carbocycles.